The molecule has 0 radical (unpaired) electrons. The molecular weight excluding hydrogens is 176 g/mol. The molecule has 1 fully saturated rings. The second-order valence-corrected chi connectivity index (χ2v) is 3.80. The minimum atomic E-state index is -0.274. The molecule has 0 aromatic rings. The summed E-state index contributed by atoms with van der Waals surface area (Å²) in [7, 11) is 0. The van der Waals surface area contributed by atoms with E-state index in [4.69, 9.17) is 0 Å². The Balaban J connectivity index is 2.39. The highest BCUT2D eigenvalue weighted by Crippen LogP contribution is 2.22. The van der Waals surface area contributed by atoms with Crippen LogP contribution in [0.15, 0.2) is 10.6 Å². The maximum absolute atomic E-state index is 10.1. The lowest BCUT2D eigenvalue weighted by molar-refractivity contribution is -0.479. The van der Waals surface area contributed by atoms with E-state index in [0.717, 1.165) is 22.9 Å². The SMILES string of the molecule is CC(CC[N+](=O)[O-])=C1NCCS1. The predicted molar refractivity (Wildman–Crippen MR) is 49.6 cm³/mol. The Labute approximate surface area is 75.6 Å². The molecule has 1 aliphatic heterocycles. The molecule has 0 aromatic heterocycles. The molecule has 1 aliphatic rings. The van der Waals surface area contributed by atoms with Crippen molar-refractivity contribution in [2.75, 3.05) is 18.8 Å². The summed E-state index contributed by atoms with van der Waals surface area (Å²) in [6.45, 7) is 2.97. The van der Waals surface area contributed by atoms with Crippen molar-refractivity contribution in [1.82, 2.24) is 5.32 Å². The van der Waals surface area contributed by atoms with Crippen LogP contribution in [0.3, 0.4) is 0 Å². The Morgan fingerprint density at radius 2 is 2.58 bits per heavy atom. The van der Waals surface area contributed by atoms with E-state index in [2.05, 4.69) is 5.32 Å². The molecule has 0 aliphatic carbocycles. The largest absolute Gasteiger partial charge is 0.379 e. The zero-order chi connectivity index (χ0) is 8.97. The smallest absolute Gasteiger partial charge is 0.207 e. The van der Waals surface area contributed by atoms with E-state index < -0.39 is 0 Å². The Kier molecular flexibility index (Phi) is 3.40. The van der Waals surface area contributed by atoms with Gasteiger partial charge in [-0.1, -0.05) is 0 Å². The first-order chi connectivity index (χ1) is 5.70. The molecule has 1 heterocycles. The maximum atomic E-state index is 10.1. The third kappa shape index (κ3) is 2.73. The zero-order valence-electron chi connectivity index (χ0n) is 7.00. The number of rotatable bonds is 3. The molecule has 4 nitrogen and oxygen atoms in total. The first-order valence-electron chi connectivity index (χ1n) is 3.88. The number of nitrogens with zero attached hydrogens (tertiary/aromatic N) is 1. The first kappa shape index (κ1) is 9.38. The molecule has 68 valence electrons. The average Bonchev–Trinajstić information content (AvgIpc) is 2.51. The van der Waals surface area contributed by atoms with Gasteiger partial charge in [-0.2, -0.15) is 0 Å². The fourth-order valence-corrected chi connectivity index (χ4v) is 1.98. The van der Waals surface area contributed by atoms with Crippen LogP contribution in [0, 0.1) is 10.1 Å². The van der Waals surface area contributed by atoms with E-state index in [1.165, 1.54) is 0 Å². The van der Waals surface area contributed by atoms with Crippen LogP contribution >= 0.6 is 11.8 Å². The highest BCUT2D eigenvalue weighted by Gasteiger charge is 2.10. The minimum Gasteiger partial charge on any atom is -0.379 e. The molecule has 1 N–H and O–H groups in total. The summed E-state index contributed by atoms with van der Waals surface area (Å²) < 4.78 is 0. The lowest BCUT2D eigenvalue weighted by atomic mass is 10.2. The minimum absolute atomic E-state index is 0.0393. The Morgan fingerprint density at radius 3 is 3.08 bits per heavy atom. The van der Waals surface area contributed by atoms with E-state index in [1.807, 2.05) is 6.92 Å². The summed E-state index contributed by atoms with van der Waals surface area (Å²) in [4.78, 5) is 9.80. The van der Waals surface area contributed by atoms with Crippen LogP contribution in [-0.2, 0) is 0 Å². The molecule has 0 aromatic carbocycles. The molecule has 0 bridgehead atoms. The van der Waals surface area contributed by atoms with Crippen molar-refractivity contribution in [1.29, 1.82) is 0 Å². The molecule has 0 amide bonds. The van der Waals surface area contributed by atoms with Gasteiger partial charge in [0.1, 0.15) is 0 Å². The summed E-state index contributed by atoms with van der Waals surface area (Å²) in [6, 6.07) is 0. The van der Waals surface area contributed by atoms with Crippen molar-refractivity contribution in [3.8, 4) is 0 Å². The quantitative estimate of drug-likeness (QED) is 0.534. The van der Waals surface area contributed by atoms with Crippen molar-refractivity contribution in [3.05, 3.63) is 20.7 Å². The predicted octanol–water partition coefficient (Wildman–Crippen LogP) is 1.22. The van der Waals surface area contributed by atoms with Gasteiger partial charge in [0.05, 0.1) is 5.03 Å². The molecule has 0 saturated carbocycles. The van der Waals surface area contributed by atoms with Gasteiger partial charge in [-0.15, -0.1) is 11.8 Å². The second kappa shape index (κ2) is 4.35. The number of nitrogens with one attached hydrogen (secondary N) is 1. The van der Waals surface area contributed by atoms with E-state index >= 15 is 0 Å². The summed E-state index contributed by atoms with van der Waals surface area (Å²) in [5.41, 5.74) is 1.11. The van der Waals surface area contributed by atoms with Crippen molar-refractivity contribution in [2.45, 2.75) is 13.3 Å². The highest BCUT2D eigenvalue weighted by atomic mass is 32.2. The topological polar surface area (TPSA) is 55.2 Å². The Hall–Kier alpha value is -0.710. The fourth-order valence-electron chi connectivity index (χ4n) is 1.02. The monoisotopic (exact) mass is 188 g/mol. The lowest BCUT2D eigenvalue weighted by Gasteiger charge is -2.02. The van der Waals surface area contributed by atoms with Gasteiger partial charge in [0.15, 0.2) is 0 Å². The Morgan fingerprint density at radius 1 is 1.83 bits per heavy atom. The van der Waals surface area contributed by atoms with Gasteiger partial charge in [-0.25, -0.2) is 0 Å². The first-order valence-corrected chi connectivity index (χ1v) is 4.87. The van der Waals surface area contributed by atoms with Crippen LogP contribution in [0.2, 0.25) is 0 Å². The van der Waals surface area contributed by atoms with Crippen molar-refractivity contribution >= 4 is 11.8 Å². The molecular formula is C7H12N2O2S. The van der Waals surface area contributed by atoms with E-state index in [-0.39, 0.29) is 11.5 Å². The van der Waals surface area contributed by atoms with Crippen LogP contribution in [-0.4, -0.2) is 23.8 Å². The van der Waals surface area contributed by atoms with Gasteiger partial charge in [0, 0.05) is 23.6 Å². The van der Waals surface area contributed by atoms with Gasteiger partial charge in [-0.3, -0.25) is 10.1 Å². The molecule has 5 heteroatoms. The molecule has 0 atom stereocenters. The lowest BCUT2D eigenvalue weighted by Crippen LogP contribution is -2.08. The maximum Gasteiger partial charge on any atom is 0.207 e. The van der Waals surface area contributed by atoms with E-state index in [9.17, 15) is 10.1 Å². The summed E-state index contributed by atoms with van der Waals surface area (Å²) >= 11 is 1.75. The number of nitro groups is 1. The highest BCUT2D eigenvalue weighted by molar-refractivity contribution is 8.03. The third-order valence-electron chi connectivity index (χ3n) is 1.69. The second-order valence-electron chi connectivity index (χ2n) is 2.69. The molecule has 1 rings (SSSR count). The van der Waals surface area contributed by atoms with Crippen LogP contribution in [0.5, 0.6) is 0 Å². The van der Waals surface area contributed by atoms with Crippen molar-refractivity contribution < 1.29 is 4.92 Å². The molecule has 1 saturated heterocycles. The molecule has 0 spiro atoms. The Bertz CT molecular complexity index is 207. The number of hydrogen-bond acceptors (Lipinski definition) is 4. The van der Waals surface area contributed by atoms with Crippen molar-refractivity contribution in [2.24, 2.45) is 0 Å². The van der Waals surface area contributed by atoms with Crippen LogP contribution in [0.4, 0.5) is 0 Å². The van der Waals surface area contributed by atoms with Crippen molar-refractivity contribution in [3.63, 3.8) is 0 Å². The van der Waals surface area contributed by atoms with Crippen LogP contribution < -0.4 is 5.32 Å². The standard InChI is InChI=1S/C7H12N2O2S/c1-6(2-4-9(10)11)7-8-3-5-12-7/h8H,2-5H2,1H3. The van der Waals surface area contributed by atoms with Gasteiger partial charge in [0.2, 0.25) is 6.54 Å². The summed E-state index contributed by atoms with van der Waals surface area (Å²) in [6.07, 6.45) is 0.558. The number of thioether (sulfide) groups is 1. The fraction of sp³-hybridized carbons (Fsp3) is 0.714. The van der Waals surface area contributed by atoms with Gasteiger partial charge in [0.25, 0.3) is 0 Å². The van der Waals surface area contributed by atoms with E-state index in [1.54, 1.807) is 11.8 Å². The third-order valence-corrected chi connectivity index (χ3v) is 2.88. The van der Waals surface area contributed by atoms with E-state index in [0.29, 0.717) is 6.42 Å². The molecule has 12 heavy (non-hydrogen) atoms. The van der Waals surface area contributed by atoms with Crippen LogP contribution in [0.1, 0.15) is 13.3 Å². The van der Waals surface area contributed by atoms with Crippen LogP contribution in [0.25, 0.3) is 0 Å². The number of hydrogen-bond donors (Lipinski definition) is 1. The molecule has 0 unspecified atom stereocenters. The normalized spacial score (nSPS) is 20.4. The van der Waals surface area contributed by atoms with Gasteiger partial charge in [-0.05, 0) is 12.5 Å². The average molecular weight is 188 g/mol. The van der Waals surface area contributed by atoms with Gasteiger partial charge < -0.3 is 5.32 Å². The zero-order valence-corrected chi connectivity index (χ0v) is 7.82. The van der Waals surface area contributed by atoms with Gasteiger partial charge >= 0.3 is 0 Å². The summed E-state index contributed by atoms with van der Waals surface area (Å²) in [5, 5.41) is 14.4. The summed E-state index contributed by atoms with van der Waals surface area (Å²) in [5.74, 6) is 1.07.